The van der Waals surface area contributed by atoms with Gasteiger partial charge in [0.15, 0.2) is 11.5 Å². The first-order valence-corrected chi connectivity index (χ1v) is 14.3. The van der Waals surface area contributed by atoms with Crippen LogP contribution in [0.5, 0.6) is 11.5 Å². The monoisotopic (exact) mass is 550 g/mol. The van der Waals surface area contributed by atoms with Gasteiger partial charge in [0, 0.05) is 21.4 Å². The lowest BCUT2D eigenvalue weighted by Gasteiger charge is -2.22. The molecule has 1 unspecified atom stereocenters. The lowest BCUT2D eigenvalue weighted by Crippen LogP contribution is -2.38. The molecular weight excluding hydrogens is 524 g/mol. The van der Waals surface area contributed by atoms with E-state index in [0.29, 0.717) is 27.8 Å². The summed E-state index contributed by atoms with van der Waals surface area (Å²) in [6.07, 6.45) is 2.89. The number of nitrogens with zero attached hydrogens (tertiary/aromatic N) is 1. The van der Waals surface area contributed by atoms with E-state index in [2.05, 4.69) is 5.32 Å². The van der Waals surface area contributed by atoms with Gasteiger partial charge in [-0.15, -0.1) is 23.1 Å². The summed E-state index contributed by atoms with van der Waals surface area (Å²) in [4.78, 5) is 43.1. The van der Waals surface area contributed by atoms with Gasteiger partial charge in [-0.25, -0.2) is 4.79 Å². The number of esters is 1. The molecule has 1 aromatic heterocycles. The molecule has 2 aromatic carbocycles. The van der Waals surface area contributed by atoms with E-state index in [1.54, 1.807) is 18.7 Å². The fraction of sp³-hybridized carbons (Fsp3) is 0.321. The van der Waals surface area contributed by atoms with Gasteiger partial charge in [0.1, 0.15) is 11.5 Å². The Morgan fingerprint density at radius 1 is 1.13 bits per heavy atom. The van der Waals surface area contributed by atoms with E-state index in [0.717, 1.165) is 40.2 Å². The van der Waals surface area contributed by atoms with Gasteiger partial charge in [0.2, 0.25) is 18.6 Å². The van der Waals surface area contributed by atoms with Crippen LogP contribution in [0.2, 0.25) is 0 Å². The lowest BCUT2D eigenvalue weighted by molar-refractivity contribution is -0.121. The van der Waals surface area contributed by atoms with Crippen LogP contribution in [-0.4, -0.2) is 37.7 Å². The zero-order chi connectivity index (χ0) is 26.2. The molecule has 1 atom stereocenters. The lowest BCUT2D eigenvalue weighted by atomic mass is 10.1. The number of hydrogen-bond donors (Lipinski definition) is 1. The molecule has 3 aromatic rings. The summed E-state index contributed by atoms with van der Waals surface area (Å²) in [5.74, 6) is 0.440. The number of hydrogen-bond acceptors (Lipinski definition) is 8. The van der Waals surface area contributed by atoms with Gasteiger partial charge in [-0.05, 0) is 61.6 Å². The highest BCUT2D eigenvalue weighted by Gasteiger charge is 2.33. The highest BCUT2D eigenvalue weighted by Crippen LogP contribution is 2.47. The van der Waals surface area contributed by atoms with Crippen molar-refractivity contribution < 1.29 is 28.6 Å². The third-order valence-corrected chi connectivity index (χ3v) is 9.34. The Hall–Kier alpha value is -3.50. The number of rotatable bonds is 6. The van der Waals surface area contributed by atoms with Crippen molar-refractivity contribution in [3.05, 3.63) is 64.0 Å². The second kappa shape index (κ2) is 10.3. The van der Waals surface area contributed by atoms with Crippen molar-refractivity contribution in [1.82, 2.24) is 0 Å². The molecule has 10 heteroatoms. The van der Waals surface area contributed by atoms with E-state index in [1.165, 1.54) is 16.2 Å². The number of para-hydroxylation sites is 1. The van der Waals surface area contributed by atoms with Gasteiger partial charge >= 0.3 is 5.97 Å². The summed E-state index contributed by atoms with van der Waals surface area (Å²) in [6.45, 7) is 2.06. The van der Waals surface area contributed by atoms with Crippen LogP contribution in [0.3, 0.4) is 0 Å². The molecule has 2 amide bonds. The minimum absolute atomic E-state index is 0.151. The van der Waals surface area contributed by atoms with Crippen LogP contribution in [0.4, 0.5) is 10.7 Å². The number of carbonyl (C=O) groups is 3. The highest BCUT2D eigenvalue weighted by atomic mass is 32.2. The normalized spacial score (nSPS) is 17.6. The standard InChI is InChI=1S/C28H26N2O6S2/c1-2-34-28(33)26-17-6-5-9-21(17)38-27(26)29-24(31)14-30-18-7-3-4-8-22(18)37-23(13-25(30)32)16-10-11-19-20(12-16)36-15-35-19/h3-4,7-8,10-12,23H,2,5-6,9,13-15H2,1H3,(H,29,31). The third-order valence-electron chi connectivity index (χ3n) is 6.81. The second-order valence-electron chi connectivity index (χ2n) is 9.20. The molecule has 1 aliphatic carbocycles. The van der Waals surface area contributed by atoms with Gasteiger partial charge < -0.3 is 24.4 Å². The maximum absolute atomic E-state index is 13.6. The van der Waals surface area contributed by atoms with Gasteiger partial charge in [-0.3, -0.25) is 9.59 Å². The smallest absolute Gasteiger partial charge is 0.341 e. The molecule has 1 N–H and O–H groups in total. The average molecular weight is 551 g/mol. The van der Waals surface area contributed by atoms with Gasteiger partial charge in [-0.1, -0.05) is 18.2 Å². The zero-order valence-corrected chi connectivity index (χ0v) is 22.4. The first kappa shape index (κ1) is 24.8. The number of fused-ring (bicyclic) bond motifs is 3. The predicted octanol–water partition coefficient (Wildman–Crippen LogP) is 5.35. The number of nitrogens with one attached hydrogen (secondary N) is 1. The van der Waals surface area contributed by atoms with E-state index in [-0.39, 0.29) is 43.4 Å². The first-order chi connectivity index (χ1) is 18.5. The molecule has 0 radical (unpaired) electrons. The molecule has 0 bridgehead atoms. The largest absolute Gasteiger partial charge is 0.462 e. The molecule has 196 valence electrons. The van der Waals surface area contributed by atoms with Gasteiger partial charge in [0.25, 0.3) is 0 Å². The number of anilines is 2. The minimum Gasteiger partial charge on any atom is -0.462 e. The molecule has 3 aliphatic rings. The highest BCUT2D eigenvalue weighted by molar-refractivity contribution is 7.99. The van der Waals surface area contributed by atoms with Crippen LogP contribution < -0.4 is 19.7 Å². The number of aryl methyl sites for hydroxylation is 1. The van der Waals surface area contributed by atoms with Crippen molar-refractivity contribution >= 4 is 51.6 Å². The van der Waals surface area contributed by atoms with Gasteiger partial charge in [-0.2, -0.15) is 0 Å². The van der Waals surface area contributed by atoms with Crippen LogP contribution in [0, 0.1) is 0 Å². The Balaban J connectivity index is 1.25. The van der Waals surface area contributed by atoms with Crippen molar-refractivity contribution in [2.45, 2.75) is 42.8 Å². The van der Waals surface area contributed by atoms with Crippen molar-refractivity contribution in [2.75, 3.05) is 30.2 Å². The molecule has 0 fully saturated rings. The quantitative estimate of drug-likeness (QED) is 0.414. The summed E-state index contributed by atoms with van der Waals surface area (Å²) >= 11 is 3.02. The van der Waals surface area contributed by atoms with Crippen LogP contribution in [-0.2, 0) is 27.2 Å². The number of benzene rings is 2. The average Bonchev–Trinajstić information content (AvgIpc) is 3.61. The summed E-state index contributed by atoms with van der Waals surface area (Å²) in [5, 5.41) is 3.27. The Labute approximate surface area is 228 Å². The SMILES string of the molecule is CCOC(=O)c1c(NC(=O)CN2C(=O)CC(c3ccc4c(c3)OCO4)Sc3ccccc32)sc2c1CCC2. The molecule has 8 nitrogen and oxygen atoms in total. The summed E-state index contributed by atoms with van der Waals surface area (Å²) < 4.78 is 16.3. The molecule has 6 rings (SSSR count). The Morgan fingerprint density at radius 2 is 1.97 bits per heavy atom. The Morgan fingerprint density at radius 3 is 2.84 bits per heavy atom. The van der Waals surface area contributed by atoms with Gasteiger partial charge in [0.05, 0.1) is 17.9 Å². The van der Waals surface area contributed by atoms with Crippen molar-refractivity contribution in [3.8, 4) is 11.5 Å². The molecule has 3 heterocycles. The van der Waals surface area contributed by atoms with Crippen LogP contribution in [0.15, 0.2) is 47.4 Å². The molecule has 2 aliphatic heterocycles. The molecule has 0 saturated carbocycles. The Bertz CT molecular complexity index is 1430. The third kappa shape index (κ3) is 4.63. The molecule has 0 saturated heterocycles. The fourth-order valence-electron chi connectivity index (χ4n) is 5.07. The maximum Gasteiger partial charge on any atom is 0.341 e. The van der Waals surface area contributed by atoms with Crippen LogP contribution in [0.25, 0.3) is 0 Å². The van der Waals surface area contributed by atoms with Crippen LogP contribution in [0.1, 0.15) is 51.4 Å². The number of thioether (sulfide) groups is 1. The molecule has 0 spiro atoms. The number of carbonyl (C=O) groups excluding carboxylic acids is 3. The maximum atomic E-state index is 13.6. The van der Waals surface area contributed by atoms with E-state index < -0.39 is 5.97 Å². The minimum atomic E-state index is -0.415. The summed E-state index contributed by atoms with van der Waals surface area (Å²) in [6, 6.07) is 13.4. The summed E-state index contributed by atoms with van der Waals surface area (Å²) in [7, 11) is 0. The van der Waals surface area contributed by atoms with Crippen molar-refractivity contribution in [3.63, 3.8) is 0 Å². The van der Waals surface area contributed by atoms with Crippen molar-refractivity contribution in [2.24, 2.45) is 0 Å². The first-order valence-electron chi connectivity index (χ1n) is 12.6. The predicted molar refractivity (Wildman–Crippen MR) is 146 cm³/mol. The van der Waals surface area contributed by atoms with Crippen molar-refractivity contribution in [1.29, 1.82) is 0 Å². The number of ether oxygens (including phenoxy) is 3. The summed E-state index contributed by atoms with van der Waals surface area (Å²) in [5.41, 5.74) is 3.09. The topological polar surface area (TPSA) is 94.2 Å². The van der Waals surface area contributed by atoms with Crippen LogP contribution >= 0.6 is 23.1 Å². The van der Waals surface area contributed by atoms with E-state index in [4.69, 9.17) is 14.2 Å². The van der Waals surface area contributed by atoms with E-state index >= 15 is 0 Å². The zero-order valence-electron chi connectivity index (χ0n) is 20.8. The fourth-order valence-corrected chi connectivity index (χ4v) is 7.64. The Kier molecular flexibility index (Phi) is 6.75. The van der Waals surface area contributed by atoms with E-state index in [9.17, 15) is 14.4 Å². The molecule has 38 heavy (non-hydrogen) atoms. The number of amides is 2. The number of thiophene rings is 1. The second-order valence-corrected chi connectivity index (χ2v) is 11.6. The molecular formula is C28H26N2O6S2. The van der Waals surface area contributed by atoms with E-state index in [1.807, 2.05) is 42.5 Å².